The lowest BCUT2D eigenvalue weighted by Crippen LogP contribution is -2.26. The predicted octanol–water partition coefficient (Wildman–Crippen LogP) is 4.10. The molecule has 0 spiro atoms. The summed E-state index contributed by atoms with van der Waals surface area (Å²) >= 11 is 6.76. The quantitative estimate of drug-likeness (QED) is 0.550. The SMILES string of the molecule is Cc1ccc([C@@H](C)NS(=O)(=O)c2nnc(NC(=O)c3ccccc3Cl)s2)cc1C. The maximum Gasteiger partial charge on any atom is 0.270 e. The first kappa shape index (κ1) is 21.4. The van der Waals surface area contributed by atoms with Gasteiger partial charge in [0, 0.05) is 6.04 Å². The van der Waals surface area contributed by atoms with Gasteiger partial charge in [0.05, 0.1) is 10.6 Å². The number of aromatic nitrogens is 2. The van der Waals surface area contributed by atoms with Crippen LogP contribution in [0.15, 0.2) is 46.8 Å². The summed E-state index contributed by atoms with van der Waals surface area (Å²) < 4.78 is 27.7. The number of amides is 1. The molecule has 10 heteroatoms. The molecule has 1 atom stereocenters. The van der Waals surface area contributed by atoms with Gasteiger partial charge in [0.2, 0.25) is 9.47 Å². The van der Waals surface area contributed by atoms with Gasteiger partial charge in [-0.3, -0.25) is 10.1 Å². The van der Waals surface area contributed by atoms with E-state index < -0.39 is 22.0 Å². The molecule has 0 aliphatic rings. The molecule has 0 radical (unpaired) electrons. The van der Waals surface area contributed by atoms with Crippen LogP contribution >= 0.6 is 22.9 Å². The summed E-state index contributed by atoms with van der Waals surface area (Å²) in [6.07, 6.45) is 0. The van der Waals surface area contributed by atoms with Crippen LogP contribution < -0.4 is 10.0 Å². The molecule has 2 aromatic carbocycles. The second-order valence-corrected chi connectivity index (χ2v) is 9.77. The Kier molecular flexibility index (Phi) is 6.33. The maximum atomic E-state index is 12.7. The fourth-order valence-electron chi connectivity index (χ4n) is 2.56. The van der Waals surface area contributed by atoms with E-state index in [1.807, 2.05) is 32.0 Å². The Morgan fingerprint density at radius 2 is 1.83 bits per heavy atom. The van der Waals surface area contributed by atoms with Crippen LogP contribution in [-0.2, 0) is 10.0 Å². The summed E-state index contributed by atoms with van der Waals surface area (Å²) in [6.45, 7) is 5.72. The molecule has 0 aliphatic carbocycles. The number of nitrogens with zero attached hydrogens (tertiary/aromatic N) is 2. The van der Waals surface area contributed by atoms with E-state index in [4.69, 9.17) is 11.6 Å². The second-order valence-electron chi connectivity index (χ2n) is 6.49. The Morgan fingerprint density at radius 1 is 1.10 bits per heavy atom. The molecule has 0 saturated heterocycles. The highest BCUT2D eigenvalue weighted by atomic mass is 35.5. The summed E-state index contributed by atoms with van der Waals surface area (Å²) in [5.41, 5.74) is 3.31. The standard InChI is InChI=1S/C19H19ClN4O3S2/c1-11-8-9-14(10-12(11)2)13(3)24-29(26,27)19-23-22-18(28-19)21-17(25)15-6-4-5-7-16(15)20/h4-10,13,24H,1-3H3,(H,21,22,25)/t13-/m1/s1. The summed E-state index contributed by atoms with van der Waals surface area (Å²) in [6, 6.07) is 11.8. The van der Waals surface area contributed by atoms with Crippen molar-refractivity contribution in [3.63, 3.8) is 0 Å². The molecular weight excluding hydrogens is 432 g/mol. The van der Waals surface area contributed by atoms with Crippen LogP contribution in [0, 0.1) is 13.8 Å². The molecular formula is C19H19ClN4O3S2. The van der Waals surface area contributed by atoms with Crippen molar-refractivity contribution < 1.29 is 13.2 Å². The number of rotatable bonds is 6. The van der Waals surface area contributed by atoms with Crippen molar-refractivity contribution in [2.24, 2.45) is 0 Å². The van der Waals surface area contributed by atoms with Crippen LogP contribution in [-0.4, -0.2) is 24.5 Å². The van der Waals surface area contributed by atoms with E-state index in [0.717, 1.165) is 28.0 Å². The summed E-state index contributed by atoms with van der Waals surface area (Å²) in [5.74, 6) is -0.493. The van der Waals surface area contributed by atoms with Gasteiger partial charge in [-0.05, 0) is 49.6 Å². The monoisotopic (exact) mass is 450 g/mol. The third-order valence-electron chi connectivity index (χ3n) is 4.34. The van der Waals surface area contributed by atoms with Crippen LogP contribution in [0.3, 0.4) is 0 Å². The third kappa shape index (κ3) is 4.99. The molecule has 152 valence electrons. The fourth-order valence-corrected chi connectivity index (χ4v) is 4.93. The summed E-state index contributed by atoms with van der Waals surface area (Å²) in [5, 5.41) is 10.3. The first-order chi connectivity index (χ1) is 13.7. The van der Waals surface area contributed by atoms with Crippen molar-refractivity contribution in [2.45, 2.75) is 31.2 Å². The minimum absolute atomic E-state index is 0.0640. The van der Waals surface area contributed by atoms with Gasteiger partial charge in [-0.2, -0.15) is 0 Å². The number of nitrogens with one attached hydrogen (secondary N) is 2. The van der Waals surface area contributed by atoms with Crippen molar-refractivity contribution in [1.82, 2.24) is 14.9 Å². The number of halogens is 1. The molecule has 0 bridgehead atoms. The first-order valence-electron chi connectivity index (χ1n) is 8.66. The minimum atomic E-state index is -3.90. The topological polar surface area (TPSA) is 101 Å². The Morgan fingerprint density at radius 3 is 2.52 bits per heavy atom. The van der Waals surface area contributed by atoms with Crippen molar-refractivity contribution in [3.8, 4) is 0 Å². The lowest BCUT2D eigenvalue weighted by atomic mass is 10.0. The fraction of sp³-hybridized carbons (Fsp3) is 0.211. The van der Waals surface area contributed by atoms with Gasteiger partial charge in [0.1, 0.15) is 0 Å². The Hall–Kier alpha value is -2.33. The van der Waals surface area contributed by atoms with E-state index in [-0.39, 0.29) is 20.1 Å². The molecule has 0 saturated carbocycles. The Bertz CT molecular complexity index is 1160. The highest BCUT2D eigenvalue weighted by Gasteiger charge is 2.24. The lowest BCUT2D eigenvalue weighted by molar-refractivity contribution is 0.102. The molecule has 3 rings (SSSR count). The Labute approximate surface area is 178 Å². The number of sulfonamides is 1. The van der Waals surface area contributed by atoms with Crippen molar-refractivity contribution in [3.05, 3.63) is 69.7 Å². The summed E-state index contributed by atoms with van der Waals surface area (Å²) in [4.78, 5) is 12.3. The third-order valence-corrected chi connectivity index (χ3v) is 7.41. The average molecular weight is 451 g/mol. The highest BCUT2D eigenvalue weighted by Crippen LogP contribution is 2.24. The van der Waals surface area contributed by atoms with E-state index in [2.05, 4.69) is 20.2 Å². The van der Waals surface area contributed by atoms with Crippen molar-refractivity contribution >= 4 is 44.0 Å². The largest absolute Gasteiger partial charge is 0.296 e. The molecule has 0 unspecified atom stereocenters. The number of aryl methyl sites for hydroxylation is 2. The van der Waals surface area contributed by atoms with Gasteiger partial charge in [-0.1, -0.05) is 53.3 Å². The predicted molar refractivity (Wildman–Crippen MR) is 114 cm³/mol. The zero-order chi connectivity index (χ0) is 21.2. The Balaban J connectivity index is 1.73. The molecule has 1 aromatic heterocycles. The van der Waals surface area contributed by atoms with Crippen LogP contribution in [0.25, 0.3) is 0 Å². The molecule has 1 amide bonds. The van der Waals surface area contributed by atoms with Gasteiger partial charge in [0.25, 0.3) is 15.9 Å². The second kappa shape index (κ2) is 8.58. The van der Waals surface area contributed by atoms with Gasteiger partial charge in [-0.15, -0.1) is 10.2 Å². The lowest BCUT2D eigenvalue weighted by Gasteiger charge is -2.14. The van der Waals surface area contributed by atoms with Crippen LogP contribution in [0.5, 0.6) is 0 Å². The molecule has 3 aromatic rings. The normalized spacial score (nSPS) is 12.6. The van der Waals surface area contributed by atoms with E-state index in [1.54, 1.807) is 31.2 Å². The van der Waals surface area contributed by atoms with E-state index >= 15 is 0 Å². The molecule has 7 nitrogen and oxygen atoms in total. The number of hydrogen-bond acceptors (Lipinski definition) is 6. The highest BCUT2D eigenvalue weighted by molar-refractivity contribution is 7.91. The van der Waals surface area contributed by atoms with Crippen LogP contribution in [0.1, 0.15) is 40.0 Å². The number of carbonyl (C=O) groups excluding carboxylic acids is 1. The van der Waals surface area contributed by atoms with E-state index in [1.165, 1.54) is 0 Å². The number of benzene rings is 2. The van der Waals surface area contributed by atoms with E-state index in [9.17, 15) is 13.2 Å². The zero-order valence-corrected chi connectivity index (χ0v) is 18.3. The average Bonchev–Trinajstić information content (AvgIpc) is 3.13. The van der Waals surface area contributed by atoms with E-state index in [0.29, 0.717) is 0 Å². The van der Waals surface area contributed by atoms with Crippen LogP contribution in [0.4, 0.5) is 5.13 Å². The number of hydrogen-bond donors (Lipinski definition) is 2. The number of anilines is 1. The molecule has 2 N–H and O–H groups in total. The minimum Gasteiger partial charge on any atom is -0.296 e. The smallest absolute Gasteiger partial charge is 0.270 e. The number of carbonyl (C=O) groups is 1. The molecule has 29 heavy (non-hydrogen) atoms. The van der Waals surface area contributed by atoms with Gasteiger partial charge in [-0.25, -0.2) is 13.1 Å². The first-order valence-corrected chi connectivity index (χ1v) is 11.3. The van der Waals surface area contributed by atoms with Crippen LogP contribution in [0.2, 0.25) is 5.02 Å². The molecule has 1 heterocycles. The zero-order valence-electron chi connectivity index (χ0n) is 15.9. The molecule has 0 fully saturated rings. The summed E-state index contributed by atoms with van der Waals surface area (Å²) in [7, 11) is -3.90. The van der Waals surface area contributed by atoms with Gasteiger partial charge < -0.3 is 0 Å². The van der Waals surface area contributed by atoms with Gasteiger partial charge in [0.15, 0.2) is 0 Å². The van der Waals surface area contributed by atoms with Crippen molar-refractivity contribution in [2.75, 3.05) is 5.32 Å². The van der Waals surface area contributed by atoms with Gasteiger partial charge >= 0.3 is 0 Å². The maximum absolute atomic E-state index is 12.7. The van der Waals surface area contributed by atoms with Crippen molar-refractivity contribution in [1.29, 1.82) is 0 Å². The molecule has 0 aliphatic heterocycles.